The largest absolute Gasteiger partial charge is 0.395 e. The molecule has 0 aromatic carbocycles. The Morgan fingerprint density at radius 1 is 1.26 bits per heavy atom. The predicted molar refractivity (Wildman–Crippen MR) is 88.6 cm³/mol. The van der Waals surface area contributed by atoms with Crippen LogP contribution in [0.3, 0.4) is 0 Å². The number of aliphatic hydroxyl groups is 2. The quantitative estimate of drug-likeness (QED) is 0.782. The summed E-state index contributed by atoms with van der Waals surface area (Å²) in [6.45, 7) is 4.57. The lowest BCUT2D eigenvalue weighted by atomic mass is 9.46. The highest BCUT2D eigenvalue weighted by Crippen LogP contribution is 2.65. The van der Waals surface area contributed by atoms with E-state index >= 15 is 0 Å². The van der Waals surface area contributed by atoms with Crippen molar-refractivity contribution >= 4 is 5.78 Å². The molecule has 0 spiro atoms. The highest BCUT2D eigenvalue weighted by molar-refractivity contribution is 6.01. The van der Waals surface area contributed by atoms with Crippen molar-refractivity contribution in [3.05, 3.63) is 23.8 Å². The number of carbonyl (C=O) groups is 1. The summed E-state index contributed by atoms with van der Waals surface area (Å²) in [6, 6.07) is 0. The number of aliphatic hydroxyl groups excluding tert-OH is 2. The number of fused-ring (bicyclic) bond motifs is 5. The van der Waals surface area contributed by atoms with Crippen molar-refractivity contribution in [2.24, 2.45) is 34.5 Å². The van der Waals surface area contributed by atoms with E-state index in [0.717, 1.165) is 37.7 Å². The lowest BCUT2D eigenvalue weighted by Gasteiger charge is -2.58. The molecule has 0 amide bonds. The zero-order chi connectivity index (χ0) is 16.4. The Morgan fingerprint density at radius 3 is 2.78 bits per heavy atom. The van der Waals surface area contributed by atoms with Gasteiger partial charge in [0.1, 0.15) is 0 Å². The number of hydrogen-bond acceptors (Lipinski definition) is 3. The highest BCUT2D eigenvalue weighted by Gasteiger charge is 2.60. The van der Waals surface area contributed by atoms with Crippen molar-refractivity contribution in [1.82, 2.24) is 0 Å². The van der Waals surface area contributed by atoms with E-state index in [-0.39, 0.29) is 29.3 Å². The SMILES string of the molecule is C[C@H]1C[C@H]2[C@@H]3CC[C@H](O)[C@@]3(C)CC[C@@H]2[C@@]2(CO)C=CC(=O)C=C12. The molecule has 4 aliphatic carbocycles. The fraction of sp³-hybridized carbons (Fsp3) is 0.750. The summed E-state index contributed by atoms with van der Waals surface area (Å²) >= 11 is 0. The highest BCUT2D eigenvalue weighted by atomic mass is 16.3. The van der Waals surface area contributed by atoms with Gasteiger partial charge in [-0.05, 0) is 73.3 Å². The van der Waals surface area contributed by atoms with Crippen LogP contribution in [0.4, 0.5) is 0 Å². The molecule has 0 radical (unpaired) electrons. The van der Waals surface area contributed by atoms with E-state index in [0.29, 0.717) is 23.7 Å². The third-order valence-electron chi connectivity index (χ3n) is 7.85. The normalized spacial score (nSPS) is 51.7. The summed E-state index contributed by atoms with van der Waals surface area (Å²) in [5.74, 6) is 1.89. The molecule has 4 rings (SSSR count). The van der Waals surface area contributed by atoms with E-state index in [9.17, 15) is 15.0 Å². The van der Waals surface area contributed by atoms with Gasteiger partial charge in [0.25, 0.3) is 0 Å². The minimum absolute atomic E-state index is 0.0486. The Hall–Kier alpha value is -0.930. The van der Waals surface area contributed by atoms with Crippen LogP contribution in [-0.2, 0) is 4.79 Å². The first-order valence-electron chi connectivity index (χ1n) is 9.16. The van der Waals surface area contributed by atoms with Crippen LogP contribution in [0.15, 0.2) is 23.8 Å². The van der Waals surface area contributed by atoms with Crippen LogP contribution in [0.2, 0.25) is 0 Å². The molecular weight excluding hydrogens is 288 g/mol. The van der Waals surface area contributed by atoms with Gasteiger partial charge in [0.2, 0.25) is 0 Å². The third kappa shape index (κ3) is 1.93. The van der Waals surface area contributed by atoms with Gasteiger partial charge in [0, 0.05) is 5.41 Å². The molecule has 0 aromatic heterocycles. The van der Waals surface area contributed by atoms with Crippen LogP contribution >= 0.6 is 0 Å². The van der Waals surface area contributed by atoms with E-state index in [1.807, 2.05) is 6.08 Å². The van der Waals surface area contributed by atoms with Crippen molar-refractivity contribution in [2.45, 2.75) is 52.1 Å². The van der Waals surface area contributed by atoms with E-state index in [4.69, 9.17) is 0 Å². The van der Waals surface area contributed by atoms with Gasteiger partial charge in [0.15, 0.2) is 5.78 Å². The first-order chi connectivity index (χ1) is 10.9. The number of rotatable bonds is 1. The second-order valence-corrected chi connectivity index (χ2v) is 8.69. The predicted octanol–water partition coefficient (Wildman–Crippen LogP) is 2.87. The summed E-state index contributed by atoms with van der Waals surface area (Å²) in [5.41, 5.74) is 0.855. The Kier molecular flexibility index (Phi) is 3.41. The summed E-state index contributed by atoms with van der Waals surface area (Å²) in [4.78, 5) is 11.9. The van der Waals surface area contributed by atoms with Crippen molar-refractivity contribution in [3.8, 4) is 0 Å². The van der Waals surface area contributed by atoms with Crippen LogP contribution < -0.4 is 0 Å². The second-order valence-electron chi connectivity index (χ2n) is 8.69. The molecule has 0 unspecified atom stereocenters. The van der Waals surface area contributed by atoms with E-state index < -0.39 is 0 Å². The van der Waals surface area contributed by atoms with Crippen LogP contribution in [0, 0.1) is 34.5 Å². The molecule has 4 aliphatic rings. The molecule has 0 heterocycles. The number of carbonyl (C=O) groups excluding carboxylic acids is 1. The maximum atomic E-state index is 11.9. The van der Waals surface area contributed by atoms with Crippen LogP contribution in [0.25, 0.3) is 0 Å². The lowest BCUT2D eigenvalue weighted by Crippen LogP contribution is -2.54. The van der Waals surface area contributed by atoms with Crippen molar-refractivity contribution in [2.75, 3.05) is 6.61 Å². The molecule has 3 heteroatoms. The minimum atomic E-state index is -0.342. The minimum Gasteiger partial charge on any atom is -0.395 e. The summed E-state index contributed by atoms with van der Waals surface area (Å²) in [7, 11) is 0. The van der Waals surface area contributed by atoms with Gasteiger partial charge in [0.05, 0.1) is 12.7 Å². The smallest absolute Gasteiger partial charge is 0.178 e. The molecule has 3 fully saturated rings. The third-order valence-corrected chi connectivity index (χ3v) is 7.85. The van der Waals surface area contributed by atoms with Crippen LogP contribution in [-0.4, -0.2) is 28.7 Å². The molecule has 0 aliphatic heterocycles. The molecule has 3 saturated carbocycles. The van der Waals surface area contributed by atoms with Gasteiger partial charge in [-0.25, -0.2) is 0 Å². The summed E-state index contributed by atoms with van der Waals surface area (Å²) in [5, 5.41) is 20.8. The van der Waals surface area contributed by atoms with Crippen LogP contribution in [0.5, 0.6) is 0 Å². The Balaban J connectivity index is 1.77. The Morgan fingerprint density at radius 2 is 2.04 bits per heavy atom. The molecule has 2 N–H and O–H groups in total. The van der Waals surface area contributed by atoms with Gasteiger partial charge in [-0.3, -0.25) is 4.79 Å². The average molecular weight is 316 g/mol. The molecule has 7 atom stereocenters. The van der Waals surface area contributed by atoms with E-state index in [1.54, 1.807) is 12.2 Å². The number of allylic oxidation sites excluding steroid dienone is 2. The van der Waals surface area contributed by atoms with Gasteiger partial charge in [-0.15, -0.1) is 0 Å². The average Bonchev–Trinajstić information content (AvgIpc) is 2.84. The zero-order valence-corrected chi connectivity index (χ0v) is 14.2. The molecule has 126 valence electrons. The standard InChI is InChI=1S/C20H28O3/c1-12-9-14-15-3-4-18(23)19(15,2)7-6-16(14)20(11-21)8-5-13(22)10-17(12)20/h5,8,10,12,14-16,18,21,23H,3-4,6-7,9,11H2,1-2H3/t12-,14-,15-,16-,18-,19-,20-/m0/s1. The molecular formula is C20H28O3. The number of hydrogen-bond donors (Lipinski definition) is 2. The van der Waals surface area contributed by atoms with Crippen molar-refractivity contribution in [1.29, 1.82) is 0 Å². The fourth-order valence-electron chi connectivity index (χ4n) is 6.63. The first kappa shape index (κ1) is 15.6. The first-order valence-corrected chi connectivity index (χ1v) is 9.16. The molecule has 0 aromatic rings. The monoisotopic (exact) mass is 316 g/mol. The van der Waals surface area contributed by atoms with Gasteiger partial charge in [-0.1, -0.05) is 25.5 Å². The molecule has 3 nitrogen and oxygen atoms in total. The van der Waals surface area contributed by atoms with Gasteiger partial charge < -0.3 is 10.2 Å². The molecule has 23 heavy (non-hydrogen) atoms. The van der Waals surface area contributed by atoms with Crippen molar-refractivity contribution < 1.29 is 15.0 Å². The number of ketones is 1. The molecule has 0 bridgehead atoms. The van der Waals surface area contributed by atoms with Gasteiger partial charge in [-0.2, -0.15) is 0 Å². The Bertz CT molecular complexity index is 592. The summed E-state index contributed by atoms with van der Waals surface area (Å²) < 4.78 is 0. The Labute approximate surface area is 138 Å². The lowest BCUT2D eigenvalue weighted by molar-refractivity contribution is -0.111. The van der Waals surface area contributed by atoms with E-state index in [1.165, 1.54) is 0 Å². The topological polar surface area (TPSA) is 57.5 Å². The van der Waals surface area contributed by atoms with Gasteiger partial charge >= 0.3 is 0 Å². The maximum Gasteiger partial charge on any atom is 0.178 e. The zero-order valence-electron chi connectivity index (χ0n) is 14.2. The maximum absolute atomic E-state index is 11.9. The summed E-state index contributed by atoms with van der Waals surface area (Å²) in [6.07, 6.45) is 10.5. The van der Waals surface area contributed by atoms with Crippen molar-refractivity contribution in [3.63, 3.8) is 0 Å². The fourth-order valence-corrected chi connectivity index (χ4v) is 6.63. The second kappa shape index (κ2) is 5.03. The van der Waals surface area contributed by atoms with Crippen LogP contribution in [0.1, 0.15) is 46.0 Å². The molecule has 0 saturated heterocycles. The van der Waals surface area contributed by atoms with E-state index in [2.05, 4.69) is 13.8 Å².